The van der Waals surface area contributed by atoms with Gasteiger partial charge in [-0.15, -0.1) is 0 Å². The number of nitrogens with zero attached hydrogens (tertiary/aromatic N) is 3. The van der Waals surface area contributed by atoms with Crippen LogP contribution in [0.5, 0.6) is 0 Å². The van der Waals surface area contributed by atoms with Gasteiger partial charge in [-0.1, -0.05) is 24.3 Å². The van der Waals surface area contributed by atoms with E-state index in [2.05, 4.69) is 46.1 Å². The molecule has 2 aliphatic rings. The molecule has 1 saturated heterocycles. The third-order valence-electron chi connectivity index (χ3n) is 5.42. The number of anilines is 1. The van der Waals surface area contributed by atoms with E-state index in [0.29, 0.717) is 0 Å². The Morgan fingerprint density at radius 3 is 2.78 bits per heavy atom. The summed E-state index contributed by atoms with van der Waals surface area (Å²) in [5.41, 5.74) is 3.19. The van der Waals surface area contributed by atoms with Crippen molar-refractivity contribution in [3.63, 3.8) is 0 Å². The molecule has 1 aromatic carbocycles. The van der Waals surface area contributed by atoms with Crippen molar-refractivity contribution in [3.05, 3.63) is 54.0 Å². The number of fused-ring (bicyclic) bond motifs is 2. The lowest BCUT2D eigenvalue weighted by molar-refractivity contribution is 0.0482. The Morgan fingerprint density at radius 1 is 1.22 bits per heavy atom. The van der Waals surface area contributed by atoms with Crippen molar-refractivity contribution in [3.8, 4) is 0 Å². The van der Waals surface area contributed by atoms with Crippen LogP contribution in [0, 0.1) is 0 Å². The molecule has 120 valence electrons. The summed E-state index contributed by atoms with van der Waals surface area (Å²) < 4.78 is 6.03. The fourth-order valence-electron chi connectivity index (χ4n) is 4.28. The van der Waals surface area contributed by atoms with E-state index in [1.807, 2.05) is 6.20 Å². The molecule has 2 aromatic rings. The minimum absolute atomic E-state index is 0.263. The highest BCUT2D eigenvalue weighted by molar-refractivity contribution is 5.44. The Bertz CT molecular complexity index is 665. The van der Waals surface area contributed by atoms with Crippen LogP contribution in [-0.4, -0.2) is 29.7 Å². The second-order valence-electron chi connectivity index (χ2n) is 6.57. The maximum atomic E-state index is 6.03. The Balaban J connectivity index is 1.57. The second kappa shape index (κ2) is 5.93. The zero-order valence-electron chi connectivity index (χ0n) is 13.6. The summed E-state index contributed by atoms with van der Waals surface area (Å²) in [7, 11) is 0. The van der Waals surface area contributed by atoms with E-state index in [9.17, 15) is 0 Å². The minimum Gasteiger partial charge on any atom is -0.374 e. The van der Waals surface area contributed by atoms with Gasteiger partial charge >= 0.3 is 0 Å². The third kappa shape index (κ3) is 2.51. The Hall–Kier alpha value is -1.94. The van der Waals surface area contributed by atoms with Gasteiger partial charge in [-0.2, -0.15) is 0 Å². The van der Waals surface area contributed by atoms with E-state index >= 15 is 0 Å². The van der Waals surface area contributed by atoms with E-state index < -0.39 is 0 Å². The normalized spacial score (nSPS) is 22.3. The van der Waals surface area contributed by atoms with Crippen molar-refractivity contribution >= 4 is 5.82 Å². The second-order valence-corrected chi connectivity index (χ2v) is 6.57. The van der Waals surface area contributed by atoms with Gasteiger partial charge in [0.25, 0.3) is 0 Å². The van der Waals surface area contributed by atoms with Crippen LogP contribution in [-0.2, 0) is 10.2 Å². The van der Waals surface area contributed by atoms with E-state index in [-0.39, 0.29) is 11.5 Å². The molecule has 2 heterocycles. The van der Waals surface area contributed by atoms with E-state index in [4.69, 9.17) is 4.74 Å². The SMILES string of the molecule is CCOC1CC2(CCN(c3cnccn3)CC2)c2ccccc21. The van der Waals surface area contributed by atoms with Gasteiger partial charge in [0.05, 0.1) is 12.3 Å². The predicted octanol–water partition coefficient (Wildman–Crippen LogP) is 3.50. The molecule has 1 fully saturated rings. The average molecular weight is 309 g/mol. The standard InChI is InChI=1S/C19H23N3O/c1-2-23-17-13-19(16-6-4-3-5-15(16)17)7-11-22(12-8-19)18-14-20-9-10-21-18/h3-6,9-10,14,17H,2,7-8,11-13H2,1H3. The van der Waals surface area contributed by atoms with Crippen LogP contribution in [0.1, 0.15) is 43.4 Å². The highest BCUT2D eigenvalue weighted by Gasteiger charge is 2.45. The van der Waals surface area contributed by atoms with Crippen LogP contribution >= 0.6 is 0 Å². The number of rotatable bonds is 3. The number of benzene rings is 1. The zero-order chi connectivity index (χ0) is 15.7. The number of aromatic nitrogens is 2. The Morgan fingerprint density at radius 2 is 2.04 bits per heavy atom. The van der Waals surface area contributed by atoms with Gasteiger partial charge in [-0.3, -0.25) is 4.98 Å². The van der Waals surface area contributed by atoms with Crippen molar-refractivity contribution in [2.24, 2.45) is 0 Å². The maximum Gasteiger partial charge on any atom is 0.147 e. The monoisotopic (exact) mass is 309 g/mol. The summed E-state index contributed by atoms with van der Waals surface area (Å²) >= 11 is 0. The molecule has 1 aliphatic carbocycles. The quantitative estimate of drug-likeness (QED) is 0.870. The first-order valence-electron chi connectivity index (χ1n) is 8.54. The topological polar surface area (TPSA) is 38.2 Å². The molecular formula is C19H23N3O. The summed E-state index contributed by atoms with van der Waals surface area (Å²) in [6.45, 7) is 4.93. The van der Waals surface area contributed by atoms with Crippen LogP contribution in [0.2, 0.25) is 0 Å². The summed E-state index contributed by atoms with van der Waals surface area (Å²) in [5.74, 6) is 0.995. The van der Waals surface area contributed by atoms with Gasteiger partial charge < -0.3 is 9.64 Å². The number of piperidine rings is 1. The molecule has 1 aromatic heterocycles. The smallest absolute Gasteiger partial charge is 0.147 e. The first kappa shape index (κ1) is 14.6. The van der Waals surface area contributed by atoms with Gasteiger partial charge in [0, 0.05) is 37.5 Å². The van der Waals surface area contributed by atoms with Gasteiger partial charge in [-0.25, -0.2) is 4.98 Å². The molecule has 0 bridgehead atoms. The first-order valence-corrected chi connectivity index (χ1v) is 8.54. The van der Waals surface area contributed by atoms with Crippen LogP contribution in [0.3, 0.4) is 0 Å². The van der Waals surface area contributed by atoms with Gasteiger partial charge in [0.15, 0.2) is 0 Å². The van der Waals surface area contributed by atoms with Crippen LogP contribution in [0.25, 0.3) is 0 Å². The molecule has 4 heteroatoms. The lowest BCUT2D eigenvalue weighted by Crippen LogP contribution is -2.42. The highest BCUT2D eigenvalue weighted by Crippen LogP contribution is 2.52. The summed E-state index contributed by atoms with van der Waals surface area (Å²) in [6.07, 6.45) is 9.07. The zero-order valence-corrected chi connectivity index (χ0v) is 13.6. The predicted molar refractivity (Wildman–Crippen MR) is 90.6 cm³/mol. The fraction of sp³-hybridized carbons (Fsp3) is 0.474. The lowest BCUT2D eigenvalue weighted by Gasteiger charge is -2.40. The molecule has 0 amide bonds. The maximum absolute atomic E-state index is 6.03. The molecule has 1 aliphatic heterocycles. The number of hydrogen-bond donors (Lipinski definition) is 0. The molecular weight excluding hydrogens is 286 g/mol. The molecule has 0 radical (unpaired) electrons. The van der Waals surface area contributed by atoms with Crippen molar-refractivity contribution < 1.29 is 4.74 Å². The molecule has 4 rings (SSSR count). The average Bonchev–Trinajstić information content (AvgIpc) is 2.91. The van der Waals surface area contributed by atoms with Crippen LogP contribution in [0.4, 0.5) is 5.82 Å². The molecule has 1 unspecified atom stereocenters. The Labute approximate surface area is 137 Å². The molecule has 1 atom stereocenters. The summed E-state index contributed by atoms with van der Waals surface area (Å²) in [4.78, 5) is 11.0. The largest absolute Gasteiger partial charge is 0.374 e. The number of hydrogen-bond acceptors (Lipinski definition) is 4. The van der Waals surface area contributed by atoms with E-state index in [1.165, 1.54) is 11.1 Å². The fourth-order valence-corrected chi connectivity index (χ4v) is 4.28. The van der Waals surface area contributed by atoms with Crippen LogP contribution < -0.4 is 4.90 Å². The molecule has 23 heavy (non-hydrogen) atoms. The first-order chi connectivity index (χ1) is 11.3. The highest BCUT2D eigenvalue weighted by atomic mass is 16.5. The van der Waals surface area contributed by atoms with Crippen molar-refractivity contribution in [2.45, 2.75) is 37.7 Å². The van der Waals surface area contributed by atoms with E-state index in [1.54, 1.807) is 12.4 Å². The summed E-state index contributed by atoms with van der Waals surface area (Å²) in [6, 6.07) is 8.87. The Kier molecular flexibility index (Phi) is 3.77. The minimum atomic E-state index is 0.263. The molecule has 0 N–H and O–H groups in total. The molecule has 4 nitrogen and oxygen atoms in total. The van der Waals surface area contributed by atoms with Gasteiger partial charge in [0.2, 0.25) is 0 Å². The van der Waals surface area contributed by atoms with Crippen molar-refractivity contribution in [2.75, 3.05) is 24.6 Å². The lowest BCUT2D eigenvalue weighted by atomic mass is 9.74. The van der Waals surface area contributed by atoms with E-state index in [0.717, 1.165) is 44.8 Å². The molecule has 1 spiro atoms. The van der Waals surface area contributed by atoms with Crippen LogP contribution in [0.15, 0.2) is 42.9 Å². The van der Waals surface area contributed by atoms with Gasteiger partial charge in [0.1, 0.15) is 5.82 Å². The van der Waals surface area contributed by atoms with Crippen molar-refractivity contribution in [1.82, 2.24) is 9.97 Å². The summed E-state index contributed by atoms with van der Waals surface area (Å²) in [5, 5.41) is 0. The third-order valence-corrected chi connectivity index (χ3v) is 5.42. The van der Waals surface area contributed by atoms with Crippen molar-refractivity contribution in [1.29, 1.82) is 0 Å². The van der Waals surface area contributed by atoms with Gasteiger partial charge in [-0.05, 0) is 37.3 Å². The number of ether oxygens (including phenoxy) is 1. The molecule has 0 saturated carbocycles.